The Morgan fingerprint density at radius 3 is 2.12 bits per heavy atom. The van der Waals surface area contributed by atoms with Crippen molar-refractivity contribution in [3.05, 3.63) is 0 Å². The molecule has 98 valence electrons. The van der Waals surface area contributed by atoms with E-state index in [-0.39, 0.29) is 0 Å². The number of carbonyl (C=O) groups is 1. The van der Waals surface area contributed by atoms with Crippen LogP contribution in [0.15, 0.2) is 0 Å². The van der Waals surface area contributed by atoms with Gasteiger partial charge in [-0.15, -0.1) is 0 Å². The highest BCUT2D eigenvalue weighted by atomic mass is 16.4. The van der Waals surface area contributed by atoms with Crippen molar-refractivity contribution in [2.45, 2.75) is 63.8 Å². The van der Waals surface area contributed by atoms with Crippen molar-refractivity contribution < 1.29 is 9.90 Å². The molecular weight excluding hydrogens is 214 g/mol. The number of carboxylic acids is 1. The van der Waals surface area contributed by atoms with Gasteiger partial charge in [0.2, 0.25) is 0 Å². The number of piperidine rings is 1. The highest BCUT2D eigenvalue weighted by molar-refractivity contribution is 5.67. The molecule has 1 saturated carbocycles. The monoisotopic (exact) mass is 239 g/mol. The van der Waals surface area contributed by atoms with Gasteiger partial charge in [-0.3, -0.25) is 4.79 Å². The van der Waals surface area contributed by atoms with Crippen LogP contribution in [0.5, 0.6) is 0 Å². The molecule has 1 aliphatic heterocycles. The Labute approximate surface area is 104 Å². The van der Waals surface area contributed by atoms with Crippen molar-refractivity contribution in [1.29, 1.82) is 0 Å². The fourth-order valence-corrected chi connectivity index (χ4v) is 3.39. The summed E-state index contributed by atoms with van der Waals surface area (Å²) >= 11 is 0. The fraction of sp³-hybridized carbons (Fsp3) is 0.929. The third-order valence-electron chi connectivity index (χ3n) is 4.45. The van der Waals surface area contributed by atoms with Gasteiger partial charge in [0.15, 0.2) is 0 Å². The maximum Gasteiger partial charge on any atom is 0.303 e. The lowest BCUT2D eigenvalue weighted by molar-refractivity contribution is -0.138. The SMILES string of the molecule is O=C(O)CC1CCN(C2CCCCCC2)CC1. The van der Waals surface area contributed by atoms with Crippen LogP contribution in [0.4, 0.5) is 0 Å². The summed E-state index contributed by atoms with van der Waals surface area (Å²) in [5.41, 5.74) is 0. The first kappa shape index (κ1) is 12.9. The summed E-state index contributed by atoms with van der Waals surface area (Å²) in [6, 6.07) is 0.795. The molecule has 3 heteroatoms. The van der Waals surface area contributed by atoms with Crippen LogP contribution in [0.1, 0.15) is 57.8 Å². The van der Waals surface area contributed by atoms with Gasteiger partial charge in [-0.2, -0.15) is 0 Å². The van der Waals surface area contributed by atoms with Crippen LogP contribution in [0.25, 0.3) is 0 Å². The normalized spacial score (nSPS) is 25.6. The van der Waals surface area contributed by atoms with Crippen LogP contribution < -0.4 is 0 Å². The van der Waals surface area contributed by atoms with Crippen molar-refractivity contribution in [2.24, 2.45) is 5.92 Å². The Hall–Kier alpha value is -0.570. The molecule has 3 nitrogen and oxygen atoms in total. The second-order valence-electron chi connectivity index (χ2n) is 5.72. The summed E-state index contributed by atoms with van der Waals surface area (Å²) in [5.74, 6) is -0.201. The van der Waals surface area contributed by atoms with E-state index in [1.54, 1.807) is 0 Å². The summed E-state index contributed by atoms with van der Waals surface area (Å²) in [6.07, 6.45) is 10.9. The third kappa shape index (κ3) is 3.98. The van der Waals surface area contributed by atoms with E-state index >= 15 is 0 Å². The molecule has 2 fully saturated rings. The third-order valence-corrected chi connectivity index (χ3v) is 4.45. The van der Waals surface area contributed by atoms with Gasteiger partial charge >= 0.3 is 5.97 Å². The molecule has 0 unspecified atom stereocenters. The minimum atomic E-state index is -0.627. The molecule has 2 rings (SSSR count). The van der Waals surface area contributed by atoms with Gasteiger partial charge in [0.25, 0.3) is 0 Å². The van der Waals surface area contributed by atoms with Crippen LogP contribution in [0.2, 0.25) is 0 Å². The van der Waals surface area contributed by atoms with Crippen molar-refractivity contribution in [2.75, 3.05) is 13.1 Å². The van der Waals surface area contributed by atoms with Gasteiger partial charge in [-0.25, -0.2) is 0 Å². The highest BCUT2D eigenvalue weighted by Crippen LogP contribution is 2.27. The molecule has 0 radical (unpaired) electrons. The molecule has 0 bridgehead atoms. The van der Waals surface area contributed by atoms with Gasteiger partial charge in [-0.1, -0.05) is 25.7 Å². The van der Waals surface area contributed by atoms with Crippen LogP contribution in [-0.4, -0.2) is 35.1 Å². The predicted octanol–water partition coefficient (Wildman–Crippen LogP) is 2.90. The van der Waals surface area contributed by atoms with Crippen molar-refractivity contribution in [3.8, 4) is 0 Å². The summed E-state index contributed by atoms with van der Waals surface area (Å²) in [6.45, 7) is 2.26. The van der Waals surface area contributed by atoms with Gasteiger partial charge < -0.3 is 10.0 Å². The van der Waals surface area contributed by atoms with Crippen molar-refractivity contribution in [3.63, 3.8) is 0 Å². The van der Waals surface area contributed by atoms with Gasteiger partial charge in [0.05, 0.1) is 0 Å². The predicted molar refractivity (Wildman–Crippen MR) is 68.0 cm³/mol. The molecule has 0 spiro atoms. The van der Waals surface area contributed by atoms with Gasteiger partial charge in [-0.05, 0) is 44.7 Å². The van der Waals surface area contributed by atoms with Gasteiger partial charge in [0.1, 0.15) is 0 Å². The molecule has 0 atom stereocenters. The largest absolute Gasteiger partial charge is 0.481 e. The number of rotatable bonds is 3. The molecule has 0 aromatic rings. The molecule has 1 saturated heterocycles. The van der Waals surface area contributed by atoms with E-state index in [1.165, 1.54) is 38.5 Å². The molecule has 1 heterocycles. The number of aliphatic carboxylic acids is 1. The number of hydrogen-bond acceptors (Lipinski definition) is 2. The van der Waals surface area contributed by atoms with Crippen LogP contribution in [0, 0.1) is 5.92 Å². The van der Waals surface area contributed by atoms with Crippen molar-refractivity contribution >= 4 is 5.97 Å². The molecule has 1 N–H and O–H groups in total. The minimum absolute atomic E-state index is 0.374. The Balaban J connectivity index is 1.75. The maximum atomic E-state index is 10.7. The van der Waals surface area contributed by atoms with E-state index in [2.05, 4.69) is 4.90 Å². The number of likely N-dealkylation sites (tertiary alicyclic amines) is 1. The molecule has 0 aromatic heterocycles. The summed E-state index contributed by atoms with van der Waals surface area (Å²) in [5, 5.41) is 8.80. The number of hydrogen-bond donors (Lipinski definition) is 1. The van der Waals surface area contributed by atoms with Crippen molar-refractivity contribution in [1.82, 2.24) is 4.90 Å². The van der Waals surface area contributed by atoms with Crippen LogP contribution >= 0.6 is 0 Å². The Bertz CT molecular complexity index is 239. The molecule has 2 aliphatic rings. The zero-order valence-electron chi connectivity index (χ0n) is 10.7. The van der Waals surface area contributed by atoms with E-state index in [1.807, 2.05) is 0 Å². The number of nitrogens with zero attached hydrogens (tertiary/aromatic N) is 1. The Morgan fingerprint density at radius 1 is 1.00 bits per heavy atom. The zero-order chi connectivity index (χ0) is 12.1. The highest BCUT2D eigenvalue weighted by Gasteiger charge is 2.26. The zero-order valence-corrected chi connectivity index (χ0v) is 10.7. The van der Waals surface area contributed by atoms with Crippen LogP contribution in [-0.2, 0) is 4.79 Å². The van der Waals surface area contributed by atoms with E-state index in [0.717, 1.165) is 32.0 Å². The molecule has 0 amide bonds. The van der Waals surface area contributed by atoms with Crippen LogP contribution in [0.3, 0.4) is 0 Å². The first-order valence-electron chi connectivity index (χ1n) is 7.21. The topological polar surface area (TPSA) is 40.5 Å². The second-order valence-corrected chi connectivity index (χ2v) is 5.72. The molecule has 17 heavy (non-hydrogen) atoms. The Kier molecular flexibility index (Phi) is 4.84. The molecule has 0 aromatic carbocycles. The van der Waals surface area contributed by atoms with E-state index < -0.39 is 5.97 Å². The maximum absolute atomic E-state index is 10.7. The lowest BCUT2D eigenvalue weighted by Gasteiger charge is -2.37. The lowest BCUT2D eigenvalue weighted by Crippen LogP contribution is -2.41. The fourth-order valence-electron chi connectivity index (χ4n) is 3.39. The molecular formula is C14H25NO2. The van der Waals surface area contributed by atoms with E-state index in [9.17, 15) is 4.79 Å². The lowest BCUT2D eigenvalue weighted by atomic mass is 9.92. The minimum Gasteiger partial charge on any atom is -0.481 e. The average molecular weight is 239 g/mol. The smallest absolute Gasteiger partial charge is 0.303 e. The van der Waals surface area contributed by atoms with E-state index in [0.29, 0.717) is 12.3 Å². The standard InChI is InChI=1S/C14H25NO2/c16-14(17)11-12-7-9-15(10-8-12)13-5-3-1-2-4-6-13/h12-13H,1-11H2,(H,16,17). The van der Waals surface area contributed by atoms with Gasteiger partial charge in [0, 0.05) is 12.5 Å². The van der Waals surface area contributed by atoms with E-state index in [4.69, 9.17) is 5.11 Å². The first-order valence-corrected chi connectivity index (χ1v) is 7.21. The second kappa shape index (κ2) is 6.39. The Morgan fingerprint density at radius 2 is 1.59 bits per heavy atom. The number of carboxylic acid groups (broad SMARTS) is 1. The quantitative estimate of drug-likeness (QED) is 0.770. The summed E-state index contributed by atoms with van der Waals surface area (Å²) in [7, 11) is 0. The first-order chi connectivity index (χ1) is 8.25. The molecule has 1 aliphatic carbocycles. The average Bonchev–Trinajstić information content (AvgIpc) is 2.58. The summed E-state index contributed by atoms with van der Waals surface area (Å²) in [4.78, 5) is 13.3. The summed E-state index contributed by atoms with van der Waals surface area (Å²) < 4.78 is 0.